The van der Waals surface area contributed by atoms with Gasteiger partial charge >= 0.3 is 12.1 Å². The van der Waals surface area contributed by atoms with Crippen molar-refractivity contribution < 1.29 is 28.7 Å². The molecule has 8 heteroatoms. The molecule has 1 aliphatic heterocycles. The van der Waals surface area contributed by atoms with E-state index in [1.54, 1.807) is 27.7 Å². The second-order valence-electron chi connectivity index (χ2n) is 7.06. The van der Waals surface area contributed by atoms with Crippen LogP contribution in [0.3, 0.4) is 0 Å². The number of alkyl carbamates (subject to hydrolysis) is 1. The monoisotopic (exact) mass is 358 g/mol. The molecule has 0 radical (unpaired) electrons. The lowest BCUT2D eigenvalue weighted by Crippen LogP contribution is -2.54. The molecule has 1 heterocycles. The van der Waals surface area contributed by atoms with Crippen LogP contribution < -0.4 is 5.32 Å². The van der Waals surface area contributed by atoms with Gasteiger partial charge in [0.15, 0.2) is 6.04 Å². The lowest BCUT2D eigenvalue weighted by molar-refractivity contribution is -0.188. The molecular formula is C17H30N2O6. The van der Waals surface area contributed by atoms with Crippen LogP contribution in [0.15, 0.2) is 0 Å². The highest BCUT2D eigenvalue weighted by molar-refractivity contribution is 5.89. The molecule has 25 heavy (non-hydrogen) atoms. The van der Waals surface area contributed by atoms with E-state index >= 15 is 0 Å². The summed E-state index contributed by atoms with van der Waals surface area (Å²) in [4.78, 5) is 42.3. The van der Waals surface area contributed by atoms with Crippen molar-refractivity contribution >= 4 is 18.0 Å². The van der Waals surface area contributed by atoms with E-state index < -0.39 is 35.7 Å². The van der Waals surface area contributed by atoms with Gasteiger partial charge in [0.1, 0.15) is 11.6 Å². The average molecular weight is 358 g/mol. The topological polar surface area (TPSA) is 94.2 Å². The second kappa shape index (κ2) is 9.03. The first kappa shape index (κ1) is 21.2. The number of ether oxygens (including phenoxy) is 2. The van der Waals surface area contributed by atoms with Gasteiger partial charge in [0, 0.05) is 6.42 Å². The molecule has 1 aliphatic rings. The molecule has 0 bridgehead atoms. The van der Waals surface area contributed by atoms with Gasteiger partial charge in [0.25, 0.3) is 5.91 Å². The highest BCUT2D eigenvalue weighted by Crippen LogP contribution is 2.21. The number of rotatable bonds is 6. The highest BCUT2D eigenvalue weighted by Gasteiger charge is 2.41. The van der Waals surface area contributed by atoms with Crippen LogP contribution in [-0.4, -0.2) is 53.9 Å². The first-order chi connectivity index (χ1) is 11.6. The number of carbonyl (C=O) groups is 3. The molecule has 144 valence electrons. The normalized spacial score (nSPS) is 19.9. The molecule has 2 amide bonds. The zero-order valence-corrected chi connectivity index (χ0v) is 16.0. The smallest absolute Gasteiger partial charge is 0.408 e. The summed E-state index contributed by atoms with van der Waals surface area (Å²) in [7, 11) is 0. The summed E-state index contributed by atoms with van der Waals surface area (Å²) in [5, 5.41) is 3.64. The molecule has 2 unspecified atom stereocenters. The first-order valence-corrected chi connectivity index (χ1v) is 8.72. The number of hydroxylamine groups is 2. The van der Waals surface area contributed by atoms with Gasteiger partial charge in [0.05, 0.1) is 13.2 Å². The Kier molecular flexibility index (Phi) is 7.66. The third kappa shape index (κ3) is 6.19. The number of esters is 1. The lowest BCUT2D eigenvalue weighted by atomic mass is 9.98. The molecule has 0 aromatic carbocycles. The Labute approximate surface area is 149 Å². The number of hydrogen-bond acceptors (Lipinski definition) is 6. The van der Waals surface area contributed by atoms with Crippen LogP contribution >= 0.6 is 0 Å². The maximum atomic E-state index is 12.9. The predicted molar refractivity (Wildman–Crippen MR) is 90.4 cm³/mol. The van der Waals surface area contributed by atoms with Crippen LogP contribution in [0, 0.1) is 5.92 Å². The maximum absolute atomic E-state index is 12.9. The van der Waals surface area contributed by atoms with Gasteiger partial charge in [-0.25, -0.2) is 14.7 Å². The number of amides is 2. The summed E-state index contributed by atoms with van der Waals surface area (Å²) in [5.74, 6) is -1.14. The molecule has 8 nitrogen and oxygen atoms in total. The van der Waals surface area contributed by atoms with Gasteiger partial charge in [-0.2, -0.15) is 0 Å². The predicted octanol–water partition coefficient (Wildman–Crippen LogP) is 2.02. The number of nitrogens with one attached hydrogen (secondary N) is 1. The average Bonchev–Trinajstić information content (AvgIpc) is 2.99. The van der Waals surface area contributed by atoms with E-state index in [4.69, 9.17) is 14.3 Å². The Morgan fingerprint density at radius 1 is 1.28 bits per heavy atom. The molecular weight excluding hydrogens is 328 g/mol. The molecule has 1 rings (SSSR count). The zero-order valence-electron chi connectivity index (χ0n) is 16.0. The second-order valence-corrected chi connectivity index (χ2v) is 7.06. The van der Waals surface area contributed by atoms with Crippen molar-refractivity contribution in [1.82, 2.24) is 10.4 Å². The van der Waals surface area contributed by atoms with Crippen molar-refractivity contribution in [3.63, 3.8) is 0 Å². The van der Waals surface area contributed by atoms with E-state index in [1.807, 2.05) is 13.8 Å². The molecule has 1 saturated heterocycles. The van der Waals surface area contributed by atoms with Crippen molar-refractivity contribution in [3.05, 3.63) is 0 Å². The van der Waals surface area contributed by atoms with Crippen LogP contribution in [0.1, 0.15) is 54.4 Å². The SMILES string of the molecule is CCOC(=O)C1CCON1C(=O)[C@@H](NC(=O)OC(C)(C)C)C(C)CC. The number of carbonyl (C=O) groups excluding carboxylic acids is 3. The van der Waals surface area contributed by atoms with Gasteiger partial charge in [-0.15, -0.1) is 0 Å². The van der Waals surface area contributed by atoms with Crippen molar-refractivity contribution in [1.29, 1.82) is 0 Å². The Morgan fingerprint density at radius 3 is 2.44 bits per heavy atom. The largest absolute Gasteiger partial charge is 0.464 e. The molecule has 1 fully saturated rings. The van der Waals surface area contributed by atoms with Gasteiger partial charge in [-0.05, 0) is 33.6 Å². The van der Waals surface area contributed by atoms with Crippen molar-refractivity contribution in [2.24, 2.45) is 5.92 Å². The number of hydrogen-bond donors (Lipinski definition) is 1. The lowest BCUT2D eigenvalue weighted by Gasteiger charge is -2.30. The van der Waals surface area contributed by atoms with Crippen molar-refractivity contribution in [2.45, 2.75) is 72.1 Å². The highest BCUT2D eigenvalue weighted by atomic mass is 16.7. The van der Waals surface area contributed by atoms with E-state index in [9.17, 15) is 14.4 Å². The molecule has 0 aromatic heterocycles. The fourth-order valence-corrected chi connectivity index (χ4v) is 2.39. The summed E-state index contributed by atoms with van der Waals surface area (Å²) in [6.45, 7) is 11.2. The Balaban J connectivity index is 2.89. The first-order valence-electron chi connectivity index (χ1n) is 8.72. The molecule has 0 saturated carbocycles. The Hall–Kier alpha value is -1.83. The summed E-state index contributed by atoms with van der Waals surface area (Å²) < 4.78 is 10.2. The van der Waals surface area contributed by atoms with E-state index in [0.717, 1.165) is 5.06 Å². The van der Waals surface area contributed by atoms with E-state index in [1.165, 1.54) is 0 Å². The van der Waals surface area contributed by atoms with Crippen LogP contribution in [0.5, 0.6) is 0 Å². The van der Waals surface area contributed by atoms with Crippen LogP contribution in [0.2, 0.25) is 0 Å². The van der Waals surface area contributed by atoms with Gasteiger partial charge < -0.3 is 14.8 Å². The van der Waals surface area contributed by atoms with Crippen molar-refractivity contribution in [2.75, 3.05) is 13.2 Å². The third-order valence-electron chi connectivity index (χ3n) is 3.83. The fraction of sp³-hybridized carbons (Fsp3) is 0.824. The van der Waals surface area contributed by atoms with E-state index in [-0.39, 0.29) is 19.1 Å². The molecule has 3 atom stereocenters. The number of nitrogens with zero attached hydrogens (tertiary/aromatic N) is 1. The zero-order chi connectivity index (χ0) is 19.2. The minimum atomic E-state index is -0.852. The molecule has 0 spiro atoms. The minimum absolute atomic E-state index is 0.160. The maximum Gasteiger partial charge on any atom is 0.408 e. The van der Waals surface area contributed by atoms with Gasteiger partial charge in [0.2, 0.25) is 0 Å². The van der Waals surface area contributed by atoms with E-state index in [2.05, 4.69) is 5.32 Å². The summed E-state index contributed by atoms with van der Waals surface area (Å²) >= 11 is 0. The molecule has 1 N–H and O–H groups in total. The summed E-state index contributed by atoms with van der Waals surface area (Å²) in [5.41, 5.74) is -0.676. The van der Waals surface area contributed by atoms with Gasteiger partial charge in [-0.3, -0.25) is 9.63 Å². The summed E-state index contributed by atoms with van der Waals surface area (Å²) in [6, 6.07) is -1.64. The quantitative estimate of drug-likeness (QED) is 0.730. The van der Waals surface area contributed by atoms with Crippen molar-refractivity contribution in [3.8, 4) is 0 Å². The Bertz CT molecular complexity index is 488. The fourth-order valence-electron chi connectivity index (χ4n) is 2.39. The molecule has 0 aliphatic carbocycles. The van der Waals surface area contributed by atoms with Crippen LogP contribution in [0.25, 0.3) is 0 Å². The summed E-state index contributed by atoms with van der Waals surface area (Å²) in [6.07, 6.45) is 0.340. The standard InChI is InChI=1S/C17H30N2O6/c1-7-11(3)13(18-16(22)25-17(4,5)6)14(20)19-12(9-10-24-19)15(21)23-8-2/h11-13H,7-10H2,1-6H3,(H,18,22)/t11?,12?,13-/m0/s1. The van der Waals surface area contributed by atoms with Crippen LogP contribution in [-0.2, 0) is 23.9 Å². The molecule has 0 aromatic rings. The van der Waals surface area contributed by atoms with Crippen LogP contribution in [0.4, 0.5) is 4.79 Å². The van der Waals surface area contributed by atoms with E-state index in [0.29, 0.717) is 12.8 Å². The Morgan fingerprint density at radius 2 is 1.92 bits per heavy atom. The minimum Gasteiger partial charge on any atom is -0.464 e. The van der Waals surface area contributed by atoms with Gasteiger partial charge in [-0.1, -0.05) is 20.3 Å². The third-order valence-corrected chi connectivity index (χ3v) is 3.83.